The van der Waals surface area contributed by atoms with E-state index in [4.69, 9.17) is 4.74 Å². The first kappa shape index (κ1) is 30.6. The van der Waals surface area contributed by atoms with E-state index >= 15 is 0 Å². The molecule has 0 bridgehead atoms. The smallest absolute Gasteiger partial charge is 0.406 e. The Morgan fingerprint density at radius 2 is 1.76 bits per heavy atom. The van der Waals surface area contributed by atoms with E-state index in [1.54, 1.807) is 43.3 Å². The number of nitrogens with zero attached hydrogens (tertiary/aromatic N) is 3. The van der Waals surface area contributed by atoms with Crippen LogP contribution in [0.1, 0.15) is 31.4 Å². The number of halogens is 3. The molecule has 0 spiro atoms. The molecule has 1 fully saturated rings. The second-order valence-corrected chi connectivity index (χ2v) is 13.0. The molecule has 1 aliphatic rings. The van der Waals surface area contributed by atoms with Crippen molar-refractivity contribution in [1.82, 2.24) is 9.47 Å². The summed E-state index contributed by atoms with van der Waals surface area (Å²) in [6.07, 6.45) is 0.830. The van der Waals surface area contributed by atoms with E-state index < -0.39 is 22.6 Å². The Balaban J connectivity index is 1.58. The molecule has 1 aromatic heterocycles. The molecule has 1 N–H and O–H groups in total. The summed E-state index contributed by atoms with van der Waals surface area (Å²) in [6, 6.07) is 12.4. The summed E-state index contributed by atoms with van der Waals surface area (Å²) >= 11 is 0. The van der Waals surface area contributed by atoms with Gasteiger partial charge in [-0.2, -0.15) is 13.2 Å². The fourth-order valence-corrected chi connectivity index (χ4v) is 5.90. The molecule has 1 heterocycles. The van der Waals surface area contributed by atoms with E-state index in [9.17, 15) is 21.6 Å². The van der Waals surface area contributed by atoms with Crippen LogP contribution in [0, 0.1) is 11.8 Å². The van der Waals surface area contributed by atoms with E-state index in [-0.39, 0.29) is 23.2 Å². The highest BCUT2D eigenvalue weighted by Gasteiger charge is 2.30. The van der Waals surface area contributed by atoms with Gasteiger partial charge in [0.1, 0.15) is 18.9 Å². The molecule has 3 aromatic rings. The van der Waals surface area contributed by atoms with Crippen molar-refractivity contribution < 1.29 is 26.3 Å². The molecule has 1 aliphatic carbocycles. The lowest BCUT2D eigenvalue weighted by Crippen LogP contribution is -2.36. The molecule has 7 nitrogen and oxygen atoms in total. The first-order valence-corrected chi connectivity index (χ1v) is 15.4. The maximum Gasteiger partial charge on any atom is 0.406 e. The third-order valence-corrected chi connectivity index (χ3v) is 8.54. The van der Waals surface area contributed by atoms with Crippen LogP contribution in [-0.4, -0.2) is 77.2 Å². The highest BCUT2D eigenvalue weighted by Crippen LogP contribution is 2.33. The zero-order valence-electron chi connectivity index (χ0n) is 24.0. The summed E-state index contributed by atoms with van der Waals surface area (Å²) < 4.78 is 71.6. The number of alkyl halides is 3. The molecule has 4 rings (SSSR count). The molecule has 0 aliphatic heterocycles. The van der Waals surface area contributed by atoms with E-state index in [0.717, 1.165) is 37.6 Å². The fourth-order valence-electron chi connectivity index (χ4n) is 5.26. The maximum absolute atomic E-state index is 13.6. The lowest BCUT2D eigenvalue weighted by atomic mass is 9.90. The van der Waals surface area contributed by atoms with E-state index in [2.05, 4.69) is 36.2 Å². The van der Waals surface area contributed by atoms with Gasteiger partial charge in [-0.3, -0.25) is 0 Å². The van der Waals surface area contributed by atoms with E-state index in [0.29, 0.717) is 28.4 Å². The van der Waals surface area contributed by atoms with E-state index in [1.165, 1.54) is 16.7 Å². The van der Waals surface area contributed by atoms with Crippen molar-refractivity contribution in [1.29, 1.82) is 0 Å². The van der Waals surface area contributed by atoms with Gasteiger partial charge in [-0.15, -0.1) is 0 Å². The van der Waals surface area contributed by atoms with Gasteiger partial charge in [0, 0.05) is 43.5 Å². The Kier molecular flexibility index (Phi) is 9.14. The number of anilines is 2. The van der Waals surface area contributed by atoms with Gasteiger partial charge < -0.3 is 24.4 Å². The van der Waals surface area contributed by atoms with Gasteiger partial charge in [0.05, 0.1) is 21.8 Å². The summed E-state index contributed by atoms with van der Waals surface area (Å²) in [5.41, 5.74) is 2.06. The number of nitrogens with one attached hydrogen (secondary N) is 1. The van der Waals surface area contributed by atoms with Crippen molar-refractivity contribution in [3.8, 4) is 17.6 Å². The standard InChI is InChI=1S/C30H37F3N4O3S/c1-35(2)22-13-11-21(12-14-22)34-26-9-6-10-27-25(26)18-23(37(27)20-30(31,32)33)8-7-17-40-29-16-15-24(41(5,38)39)19-28(29)36(3)4/h6,9-10,15-16,18-19,21-22,34H,11-14,17,20H2,1-5H3. The SMILES string of the molecule is CN(C)c1cc(S(C)(=O)=O)ccc1OCC#Cc1cc2c(NC3CCC(N(C)C)CC3)cccc2n1CC(F)(F)F. The Labute approximate surface area is 240 Å². The normalized spacial score (nSPS) is 17.8. The van der Waals surface area contributed by atoms with Crippen LogP contribution < -0.4 is 15.0 Å². The average Bonchev–Trinajstić information content (AvgIpc) is 3.23. The van der Waals surface area contributed by atoms with Gasteiger partial charge in [-0.1, -0.05) is 12.0 Å². The van der Waals surface area contributed by atoms with Gasteiger partial charge >= 0.3 is 6.18 Å². The third-order valence-electron chi connectivity index (χ3n) is 7.43. The largest absolute Gasteiger partial charge is 0.479 e. The molecule has 0 atom stereocenters. The van der Waals surface area contributed by atoms with Crippen LogP contribution in [0.4, 0.5) is 24.5 Å². The Hall–Kier alpha value is -3.36. The first-order chi connectivity index (χ1) is 19.2. The number of ether oxygens (including phenoxy) is 1. The lowest BCUT2D eigenvalue weighted by Gasteiger charge is -2.33. The average molecular weight is 591 g/mol. The molecule has 2 aromatic carbocycles. The number of hydrogen-bond acceptors (Lipinski definition) is 6. The molecule has 1 saturated carbocycles. The maximum atomic E-state index is 13.6. The first-order valence-electron chi connectivity index (χ1n) is 13.5. The number of sulfone groups is 1. The van der Waals surface area contributed by atoms with Gasteiger partial charge in [-0.25, -0.2) is 8.42 Å². The molecule has 222 valence electrons. The van der Waals surface area contributed by atoms with Crippen LogP contribution in [-0.2, 0) is 16.4 Å². The second-order valence-electron chi connectivity index (χ2n) is 11.0. The van der Waals surface area contributed by atoms with Crippen molar-refractivity contribution in [3.63, 3.8) is 0 Å². The molecule has 41 heavy (non-hydrogen) atoms. The molecule has 0 amide bonds. The predicted octanol–water partition coefficient (Wildman–Crippen LogP) is 5.39. The number of rotatable bonds is 8. The van der Waals surface area contributed by atoms with Crippen molar-refractivity contribution in [2.75, 3.05) is 51.3 Å². The lowest BCUT2D eigenvalue weighted by molar-refractivity contribution is -0.140. The number of aromatic nitrogens is 1. The minimum atomic E-state index is -4.42. The predicted molar refractivity (Wildman–Crippen MR) is 158 cm³/mol. The van der Waals surface area contributed by atoms with Crippen molar-refractivity contribution in [3.05, 3.63) is 48.2 Å². The number of benzene rings is 2. The highest BCUT2D eigenvalue weighted by atomic mass is 32.2. The van der Waals surface area contributed by atoms with Crippen molar-refractivity contribution in [2.45, 2.75) is 55.4 Å². The van der Waals surface area contributed by atoms with Crippen LogP contribution in [0.5, 0.6) is 5.75 Å². The molecule has 0 unspecified atom stereocenters. The summed E-state index contributed by atoms with van der Waals surface area (Å²) in [5.74, 6) is 6.14. The molecular formula is C30H37F3N4O3S. The monoisotopic (exact) mass is 590 g/mol. The minimum Gasteiger partial charge on any atom is -0.479 e. The summed E-state index contributed by atoms with van der Waals surface area (Å²) in [7, 11) is 4.30. The van der Waals surface area contributed by atoms with Gasteiger partial charge in [-0.05, 0) is 82.1 Å². The van der Waals surface area contributed by atoms with Crippen molar-refractivity contribution >= 4 is 32.1 Å². The van der Waals surface area contributed by atoms with Crippen LogP contribution in [0.15, 0.2) is 47.4 Å². The molecule has 0 radical (unpaired) electrons. The third kappa shape index (κ3) is 7.68. The van der Waals surface area contributed by atoms with Crippen molar-refractivity contribution in [2.24, 2.45) is 0 Å². The van der Waals surface area contributed by atoms with Gasteiger partial charge in [0.2, 0.25) is 0 Å². The molecule has 11 heteroatoms. The zero-order chi connectivity index (χ0) is 29.9. The fraction of sp³-hybridized carbons (Fsp3) is 0.467. The van der Waals surface area contributed by atoms with Crippen LogP contribution >= 0.6 is 0 Å². The summed E-state index contributed by atoms with van der Waals surface area (Å²) in [5, 5.41) is 4.27. The second kappa shape index (κ2) is 12.2. The zero-order valence-corrected chi connectivity index (χ0v) is 24.9. The summed E-state index contributed by atoms with van der Waals surface area (Å²) in [6.45, 7) is -1.25. The molecule has 0 saturated heterocycles. The Morgan fingerprint density at radius 3 is 2.37 bits per heavy atom. The number of fused-ring (bicyclic) bond motifs is 1. The minimum absolute atomic E-state index is 0.0904. The Morgan fingerprint density at radius 1 is 1.05 bits per heavy atom. The van der Waals surface area contributed by atoms with Crippen LogP contribution in [0.2, 0.25) is 0 Å². The summed E-state index contributed by atoms with van der Waals surface area (Å²) in [4.78, 5) is 4.13. The van der Waals surface area contributed by atoms with Crippen LogP contribution in [0.25, 0.3) is 10.9 Å². The Bertz CT molecular complexity index is 1540. The number of hydrogen-bond donors (Lipinski definition) is 1. The van der Waals surface area contributed by atoms with Gasteiger partial charge in [0.15, 0.2) is 9.84 Å². The topological polar surface area (TPSA) is 66.8 Å². The molecular weight excluding hydrogens is 553 g/mol. The highest BCUT2D eigenvalue weighted by molar-refractivity contribution is 7.90. The van der Waals surface area contributed by atoms with Gasteiger partial charge in [0.25, 0.3) is 0 Å². The quantitative estimate of drug-likeness (QED) is 0.355. The van der Waals surface area contributed by atoms with Crippen LogP contribution in [0.3, 0.4) is 0 Å². The van der Waals surface area contributed by atoms with E-state index in [1.807, 2.05) is 6.07 Å².